The van der Waals surface area contributed by atoms with Crippen LogP contribution in [-0.2, 0) is 6.42 Å². The second kappa shape index (κ2) is 7.42. The number of aryl methyl sites for hydroxylation is 1. The number of rotatable bonds is 7. The summed E-state index contributed by atoms with van der Waals surface area (Å²) in [4.78, 5) is 0. The molecule has 1 aliphatic heterocycles. The summed E-state index contributed by atoms with van der Waals surface area (Å²) in [6.07, 6.45) is 10.4. The third-order valence-electron chi connectivity index (χ3n) is 3.90. The predicted molar refractivity (Wildman–Crippen MR) is 78.9 cm³/mol. The van der Waals surface area contributed by atoms with Gasteiger partial charge in [-0.1, -0.05) is 43.9 Å². The minimum atomic E-state index is 0.689. The van der Waals surface area contributed by atoms with Crippen molar-refractivity contribution in [2.45, 2.75) is 57.4 Å². The van der Waals surface area contributed by atoms with Crippen LogP contribution in [0.15, 0.2) is 24.3 Å². The highest BCUT2D eigenvalue weighted by atomic mass is 14.9. The van der Waals surface area contributed by atoms with Crippen LogP contribution < -0.4 is 11.1 Å². The van der Waals surface area contributed by atoms with Gasteiger partial charge in [-0.3, -0.25) is 0 Å². The molecule has 0 bridgehead atoms. The van der Waals surface area contributed by atoms with Crippen LogP contribution in [0, 0.1) is 0 Å². The number of hydrogen-bond acceptors (Lipinski definition) is 2. The molecule has 100 valence electrons. The van der Waals surface area contributed by atoms with Gasteiger partial charge in [0.05, 0.1) is 0 Å². The van der Waals surface area contributed by atoms with E-state index in [1.807, 2.05) is 0 Å². The molecule has 0 saturated carbocycles. The van der Waals surface area contributed by atoms with Crippen molar-refractivity contribution in [1.29, 1.82) is 0 Å². The second-order valence-electron chi connectivity index (χ2n) is 5.38. The van der Waals surface area contributed by atoms with Crippen molar-refractivity contribution < 1.29 is 0 Å². The van der Waals surface area contributed by atoms with Gasteiger partial charge in [0.15, 0.2) is 0 Å². The molecule has 2 nitrogen and oxygen atoms in total. The number of benzene rings is 1. The molecule has 1 aromatic rings. The Morgan fingerprint density at radius 1 is 1.06 bits per heavy atom. The maximum absolute atomic E-state index is 5.50. The fourth-order valence-corrected chi connectivity index (χ4v) is 2.78. The van der Waals surface area contributed by atoms with Gasteiger partial charge in [-0.2, -0.15) is 0 Å². The minimum absolute atomic E-state index is 0.689. The molecule has 1 aromatic carbocycles. The molecule has 1 heterocycles. The van der Waals surface area contributed by atoms with Crippen molar-refractivity contribution in [1.82, 2.24) is 0 Å². The molecule has 0 aliphatic carbocycles. The molecule has 18 heavy (non-hydrogen) atoms. The summed E-state index contributed by atoms with van der Waals surface area (Å²) in [5, 5.41) is 3.68. The Labute approximate surface area is 111 Å². The molecule has 3 N–H and O–H groups in total. The summed E-state index contributed by atoms with van der Waals surface area (Å²) in [5.74, 6) is 0. The average Bonchev–Trinajstić information content (AvgIpc) is 2.42. The Morgan fingerprint density at radius 3 is 2.72 bits per heavy atom. The standard InChI is InChI=1S/C16H26N2/c17-13-7-3-1-2-4-9-15-12-11-14-8-5-6-10-16(14)18-15/h5-6,8,10,15,18H,1-4,7,9,11-13,17H2. The van der Waals surface area contributed by atoms with Crippen LogP contribution >= 0.6 is 0 Å². The van der Waals surface area contributed by atoms with Crippen molar-refractivity contribution in [2.75, 3.05) is 11.9 Å². The van der Waals surface area contributed by atoms with E-state index in [2.05, 4.69) is 29.6 Å². The first kappa shape index (κ1) is 13.4. The fraction of sp³-hybridized carbons (Fsp3) is 0.625. The van der Waals surface area contributed by atoms with Gasteiger partial charge in [0, 0.05) is 11.7 Å². The monoisotopic (exact) mass is 246 g/mol. The number of para-hydroxylation sites is 1. The third kappa shape index (κ3) is 4.02. The van der Waals surface area contributed by atoms with Crippen LogP contribution in [-0.4, -0.2) is 12.6 Å². The van der Waals surface area contributed by atoms with Crippen LogP contribution in [0.4, 0.5) is 5.69 Å². The largest absolute Gasteiger partial charge is 0.382 e. The van der Waals surface area contributed by atoms with Gasteiger partial charge in [0.25, 0.3) is 0 Å². The number of nitrogens with one attached hydrogen (secondary N) is 1. The van der Waals surface area contributed by atoms with Crippen molar-refractivity contribution in [3.63, 3.8) is 0 Å². The summed E-state index contributed by atoms with van der Waals surface area (Å²) in [7, 11) is 0. The Hall–Kier alpha value is -1.02. The number of fused-ring (bicyclic) bond motifs is 1. The Kier molecular flexibility index (Phi) is 5.53. The molecular formula is C16H26N2. The molecule has 0 fully saturated rings. The lowest BCUT2D eigenvalue weighted by atomic mass is 9.94. The van der Waals surface area contributed by atoms with Gasteiger partial charge in [0.2, 0.25) is 0 Å². The molecule has 0 spiro atoms. The predicted octanol–water partition coefficient (Wildman–Crippen LogP) is 3.71. The number of anilines is 1. The zero-order valence-electron chi connectivity index (χ0n) is 11.3. The van der Waals surface area contributed by atoms with Crippen molar-refractivity contribution in [3.8, 4) is 0 Å². The van der Waals surface area contributed by atoms with Gasteiger partial charge < -0.3 is 11.1 Å². The maximum atomic E-state index is 5.50. The Balaban J connectivity index is 1.64. The summed E-state index contributed by atoms with van der Waals surface area (Å²) < 4.78 is 0. The fourth-order valence-electron chi connectivity index (χ4n) is 2.78. The average molecular weight is 246 g/mol. The van der Waals surface area contributed by atoms with Crippen LogP contribution in [0.3, 0.4) is 0 Å². The molecule has 0 radical (unpaired) electrons. The third-order valence-corrected chi connectivity index (χ3v) is 3.90. The van der Waals surface area contributed by atoms with E-state index >= 15 is 0 Å². The Morgan fingerprint density at radius 2 is 1.83 bits per heavy atom. The van der Waals surface area contributed by atoms with Crippen molar-refractivity contribution >= 4 is 5.69 Å². The van der Waals surface area contributed by atoms with Gasteiger partial charge >= 0.3 is 0 Å². The SMILES string of the molecule is NCCCCCCCC1CCc2ccccc2N1. The molecule has 1 unspecified atom stereocenters. The van der Waals surface area contributed by atoms with E-state index in [0.29, 0.717) is 6.04 Å². The molecule has 2 heteroatoms. The molecule has 0 aromatic heterocycles. The normalized spacial score (nSPS) is 18.2. The van der Waals surface area contributed by atoms with Crippen LogP contribution in [0.5, 0.6) is 0 Å². The zero-order valence-corrected chi connectivity index (χ0v) is 11.3. The maximum Gasteiger partial charge on any atom is 0.0374 e. The zero-order chi connectivity index (χ0) is 12.6. The highest BCUT2D eigenvalue weighted by Crippen LogP contribution is 2.26. The van der Waals surface area contributed by atoms with Crippen LogP contribution in [0.2, 0.25) is 0 Å². The summed E-state index contributed by atoms with van der Waals surface area (Å²) in [5.41, 5.74) is 8.34. The van der Waals surface area contributed by atoms with E-state index in [9.17, 15) is 0 Å². The van der Waals surface area contributed by atoms with E-state index < -0.39 is 0 Å². The minimum Gasteiger partial charge on any atom is -0.382 e. The lowest BCUT2D eigenvalue weighted by Crippen LogP contribution is -2.25. The summed E-state index contributed by atoms with van der Waals surface area (Å²) >= 11 is 0. The van der Waals surface area contributed by atoms with E-state index in [0.717, 1.165) is 6.54 Å². The lowest BCUT2D eigenvalue weighted by molar-refractivity contribution is 0.527. The van der Waals surface area contributed by atoms with Crippen molar-refractivity contribution in [3.05, 3.63) is 29.8 Å². The van der Waals surface area contributed by atoms with E-state index in [4.69, 9.17) is 5.73 Å². The highest BCUT2D eigenvalue weighted by molar-refractivity contribution is 5.53. The number of unbranched alkanes of at least 4 members (excludes halogenated alkanes) is 4. The van der Waals surface area contributed by atoms with E-state index in [1.54, 1.807) is 0 Å². The molecule has 2 rings (SSSR count). The van der Waals surface area contributed by atoms with E-state index in [1.165, 1.54) is 62.6 Å². The van der Waals surface area contributed by atoms with E-state index in [-0.39, 0.29) is 0 Å². The second-order valence-corrected chi connectivity index (χ2v) is 5.38. The first-order valence-corrected chi connectivity index (χ1v) is 7.44. The Bertz CT molecular complexity index is 349. The van der Waals surface area contributed by atoms with Crippen molar-refractivity contribution in [2.24, 2.45) is 5.73 Å². The van der Waals surface area contributed by atoms with Gasteiger partial charge in [-0.25, -0.2) is 0 Å². The first-order chi connectivity index (χ1) is 8.90. The topological polar surface area (TPSA) is 38.0 Å². The lowest BCUT2D eigenvalue weighted by Gasteiger charge is -2.27. The van der Waals surface area contributed by atoms with Gasteiger partial charge in [0.1, 0.15) is 0 Å². The summed E-state index contributed by atoms with van der Waals surface area (Å²) in [6.45, 7) is 0.848. The first-order valence-electron chi connectivity index (χ1n) is 7.44. The summed E-state index contributed by atoms with van der Waals surface area (Å²) in [6, 6.07) is 9.40. The quantitative estimate of drug-likeness (QED) is 0.720. The smallest absolute Gasteiger partial charge is 0.0374 e. The molecular weight excluding hydrogens is 220 g/mol. The molecule has 0 amide bonds. The number of hydrogen-bond donors (Lipinski definition) is 2. The number of nitrogens with two attached hydrogens (primary N) is 1. The molecule has 0 saturated heterocycles. The van der Waals surface area contributed by atoms with Gasteiger partial charge in [-0.15, -0.1) is 0 Å². The molecule has 1 atom stereocenters. The van der Waals surface area contributed by atoms with Crippen LogP contribution in [0.1, 0.15) is 50.5 Å². The van der Waals surface area contributed by atoms with Gasteiger partial charge in [-0.05, 0) is 43.9 Å². The van der Waals surface area contributed by atoms with Crippen LogP contribution in [0.25, 0.3) is 0 Å². The highest BCUT2D eigenvalue weighted by Gasteiger charge is 2.16. The molecule has 1 aliphatic rings.